The highest BCUT2D eigenvalue weighted by Crippen LogP contribution is 2.22. The Balaban J connectivity index is 2.83. The number of hydrogen-bond donors (Lipinski definition) is 1. The van der Waals surface area contributed by atoms with Crippen LogP contribution >= 0.6 is 0 Å². The molecular weight excluding hydrogens is 260 g/mol. The van der Waals surface area contributed by atoms with Crippen LogP contribution in [-0.4, -0.2) is 31.1 Å². The molecule has 3 nitrogen and oxygen atoms in total. The molecule has 1 rings (SSSR count). The van der Waals surface area contributed by atoms with E-state index >= 15 is 0 Å². The average molecular weight is 292 g/mol. The van der Waals surface area contributed by atoms with Gasteiger partial charge in [0.1, 0.15) is 5.75 Å². The molecule has 0 spiro atoms. The summed E-state index contributed by atoms with van der Waals surface area (Å²) in [4.78, 5) is 2.50. The fourth-order valence-corrected chi connectivity index (χ4v) is 2.50. The maximum absolute atomic E-state index is 5.54. The second-order valence-corrected chi connectivity index (χ2v) is 5.89. The van der Waals surface area contributed by atoms with Crippen LogP contribution in [0.4, 0.5) is 0 Å². The molecule has 0 fully saturated rings. The predicted molar refractivity (Wildman–Crippen MR) is 90.8 cm³/mol. The molecule has 0 heterocycles. The van der Waals surface area contributed by atoms with Crippen LogP contribution < -0.4 is 10.1 Å². The van der Waals surface area contributed by atoms with Gasteiger partial charge >= 0.3 is 0 Å². The standard InChI is InChI=1S/C18H32N2O/c1-6-10-19-13-16-8-9-18(21-5)17(12-16)14-20(11-7-2)15(3)4/h8-9,12,15,19H,6-7,10-11,13-14H2,1-5H3. The largest absolute Gasteiger partial charge is 0.496 e. The Morgan fingerprint density at radius 1 is 1.19 bits per heavy atom. The first-order chi connectivity index (χ1) is 10.1. The molecule has 21 heavy (non-hydrogen) atoms. The van der Waals surface area contributed by atoms with Gasteiger partial charge in [0, 0.05) is 24.7 Å². The average Bonchev–Trinajstić information content (AvgIpc) is 2.47. The summed E-state index contributed by atoms with van der Waals surface area (Å²) >= 11 is 0. The van der Waals surface area contributed by atoms with E-state index in [4.69, 9.17) is 4.74 Å². The number of ether oxygens (including phenoxy) is 1. The predicted octanol–water partition coefficient (Wildman–Crippen LogP) is 3.82. The summed E-state index contributed by atoms with van der Waals surface area (Å²) in [7, 11) is 1.76. The smallest absolute Gasteiger partial charge is 0.123 e. The third-order valence-electron chi connectivity index (χ3n) is 3.72. The summed E-state index contributed by atoms with van der Waals surface area (Å²) in [6.07, 6.45) is 2.35. The van der Waals surface area contributed by atoms with Gasteiger partial charge < -0.3 is 10.1 Å². The van der Waals surface area contributed by atoms with E-state index < -0.39 is 0 Å². The zero-order chi connectivity index (χ0) is 15.7. The van der Waals surface area contributed by atoms with Crippen LogP contribution in [0.25, 0.3) is 0 Å². The first-order valence-electron chi connectivity index (χ1n) is 8.22. The monoisotopic (exact) mass is 292 g/mol. The first kappa shape index (κ1) is 18.0. The van der Waals surface area contributed by atoms with Crippen LogP contribution in [0, 0.1) is 0 Å². The van der Waals surface area contributed by atoms with Crippen LogP contribution in [0.2, 0.25) is 0 Å². The lowest BCUT2D eigenvalue weighted by Crippen LogP contribution is -2.31. The molecule has 120 valence electrons. The molecule has 0 bridgehead atoms. The SMILES string of the molecule is CCCNCc1ccc(OC)c(CN(CCC)C(C)C)c1. The van der Waals surface area contributed by atoms with E-state index in [1.807, 2.05) is 0 Å². The molecule has 0 radical (unpaired) electrons. The van der Waals surface area contributed by atoms with Crippen molar-refractivity contribution < 1.29 is 4.74 Å². The Morgan fingerprint density at radius 3 is 2.52 bits per heavy atom. The molecule has 1 aromatic carbocycles. The summed E-state index contributed by atoms with van der Waals surface area (Å²) in [5.74, 6) is 0.996. The summed E-state index contributed by atoms with van der Waals surface area (Å²) in [5.41, 5.74) is 2.62. The molecule has 1 N–H and O–H groups in total. The molecule has 0 saturated carbocycles. The molecule has 0 atom stereocenters. The number of hydrogen-bond acceptors (Lipinski definition) is 3. The quantitative estimate of drug-likeness (QED) is 0.664. The number of benzene rings is 1. The van der Waals surface area contributed by atoms with Gasteiger partial charge in [0.25, 0.3) is 0 Å². The van der Waals surface area contributed by atoms with Crippen LogP contribution in [-0.2, 0) is 13.1 Å². The summed E-state index contributed by atoms with van der Waals surface area (Å²) < 4.78 is 5.54. The van der Waals surface area contributed by atoms with E-state index in [2.05, 4.69) is 56.1 Å². The Hall–Kier alpha value is -1.06. The van der Waals surface area contributed by atoms with Crippen molar-refractivity contribution in [3.8, 4) is 5.75 Å². The fraction of sp³-hybridized carbons (Fsp3) is 0.667. The second-order valence-electron chi connectivity index (χ2n) is 5.89. The van der Waals surface area contributed by atoms with Gasteiger partial charge in [0.05, 0.1) is 7.11 Å². The molecule has 0 aliphatic carbocycles. The molecule has 0 unspecified atom stereocenters. The van der Waals surface area contributed by atoms with Gasteiger partial charge in [-0.15, -0.1) is 0 Å². The van der Waals surface area contributed by atoms with Crippen molar-refractivity contribution in [1.82, 2.24) is 10.2 Å². The molecule has 0 amide bonds. The van der Waals surface area contributed by atoms with Crippen molar-refractivity contribution >= 4 is 0 Å². The summed E-state index contributed by atoms with van der Waals surface area (Å²) in [6.45, 7) is 13.0. The minimum atomic E-state index is 0.552. The lowest BCUT2D eigenvalue weighted by atomic mass is 10.1. The van der Waals surface area contributed by atoms with E-state index in [0.29, 0.717) is 6.04 Å². The van der Waals surface area contributed by atoms with Crippen molar-refractivity contribution in [3.63, 3.8) is 0 Å². The third-order valence-corrected chi connectivity index (χ3v) is 3.72. The molecule has 3 heteroatoms. The summed E-state index contributed by atoms with van der Waals surface area (Å²) in [5, 5.41) is 3.46. The minimum absolute atomic E-state index is 0.552. The summed E-state index contributed by atoms with van der Waals surface area (Å²) in [6, 6.07) is 7.09. The van der Waals surface area contributed by atoms with Crippen molar-refractivity contribution in [2.45, 2.75) is 59.7 Å². The molecule has 0 aromatic heterocycles. The molecular formula is C18H32N2O. The number of rotatable bonds is 10. The van der Waals surface area contributed by atoms with Gasteiger partial charge in [-0.05, 0) is 57.5 Å². The van der Waals surface area contributed by atoms with Crippen LogP contribution in [0.1, 0.15) is 51.7 Å². The highest BCUT2D eigenvalue weighted by molar-refractivity contribution is 5.37. The van der Waals surface area contributed by atoms with Gasteiger partial charge in [-0.3, -0.25) is 4.90 Å². The molecule has 0 aliphatic rings. The zero-order valence-corrected chi connectivity index (χ0v) is 14.4. The zero-order valence-electron chi connectivity index (χ0n) is 14.4. The first-order valence-corrected chi connectivity index (χ1v) is 8.22. The van der Waals surface area contributed by atoms with E-state index in [1.54, 1.807) is 7.11 Å². The molecule has 1 aromatic rings. The van der Waals surface area contributed by atoms with Gasteiger partial charge in [0.15, 0.2) is 0 Å². The second kappa shape index (κ2) is 9.80. The Morgan fingerprint density at radius 2 is 1.95 bits per heavy atom. The topological polar surface area (TPSA) is 24.5 Å². The Kier molecular flexibility index (Phi) is 8.40. The lowest BCUT2D eigenvalue weighted by Gasteiger charge is -2.27. The highest BCUT2D eigenvalue weighted by atomic mass is 16.5. The molecule has 0 saturated heterocycles. The van der Waals surface area contributed by atoms with Crippen LogP contribution in [0.5, 0.6) is 5.75 Å². The molecule has 0 aliphatic heterocycles. The van der Waals surface area contributed by atoms with E-state index in [1.165, 1.54) is 24.0 Å². The van der Waals surface area contributed by atoms with E-state index in [9.17, 15) is 0 Å². The van der Waals surface area contributed by atoms with Crippen molar-refractivity contribution in [2.24, 2.45) is 0 Å². The van der Waals surface area contributed by atoms with Crippen molar-refractivity contribution in [1.29, 1.82) is 0 Å². The van der Waals surface area contributed by atoms with E-state index in [-0.39, 0.29) is 0 Å². The maximum Gasteiger partial charge on any atom is 0.123 e. The number of nitrogens with one attached hydrogen (secondary N) is 1. The van der Waals surface area contributed by atoms with Gasteiger partial charge in [-0.25, -0.2) is 0 Å². The van der Waals surface area contributed by atoms with E-state index in [0.717, 1.165) is 31.9 Å². The van der Waals surface area contributed by atoms with Crippen LogP contribution in [0.3, 0.4) is 0 Å². The maximum atomic E-state index is 5.54. The number of methoxy groups -OCH3 is 1. The van der Waals surface area contributed by atoms with Crippen molar-refractivity contribution in [2.75, 3.05) is 20.2 Å². The van der Waals surface area contributed by atoms with Crippen LogP contribution in [0.15, 0.2) is 18.2 Å². The van der Waals surface area contributed by atoms with Gasteiger partial charge in [-0.2, -0.15) is 0 Å². The lowest BCUT2D eigenvalue weighted by molar-refractivity contribution is 0.210. The number of nitrogens with zero attached hydrogens (tertiary/aromatic N) is 1. The minimum Gasteiger partial charge on any atom is -0.496 e. The Labute approximate surface area is 130 Å². The normalized spacial score (nSPS) is 11.4. The fourth-order valence-electron chi connectivity index (χ4n) is 2.50. The van der Waals surface area contributed by atoms with Crippen molar-refractivity contribution in [3.05, 3.63) is 29.3 Å². The highest BCUT2D eigenvalue weighted by Gasteiger charge is 2.12. The Bertz CT molecular complexity index is 404. The van der Waals surface area contributed by atoms with Gasteiger partial charge in [-0.1, -0.05) is 19.9 Å². The van der Waals surface area contributed by atoms with Gasteiger partial charge in [0.2, 0.25) is 0 Å². The third kappa shape index (κ3) is 6.06.